The van der Waals surface area contributed by atoms with Crippen LogP contribution in [0.2, 0.25) is 0 Å². The summed E-state index contributed by atoms with van der Waals surface area (Å²) in [5.41, 5.74) is 2.39. The van der Waals surface area contributed by atoms with Gasteiger partial charge in [-0.15, -0.1) is 0 Å². The number of hydrazine groups is 1. The molecular weight excluding hydrogens is 163 g/mol. The molecule has 5 heteroatoms. The molecule has 4 nitrogen and oxygen atoms in total. The summed E-state index contributed by atoms with van der Waals surface area (Å²) >= 11 is 0. The van der Waals surface area contributed by atoms with Crippen molar-refractivity contribution < 1.29 is 14.3 Å². The van der Waals surface area contributed by atoms with Crippen LogP contribution in [0.5, 0.6) is 0 Å². The van der Waals surface area contributed by atoms with Gasteiger partial charge in [0.1, 0.15) is 0 Å². The van der Waals surface area contributed by atoms with E-state index in [1.165, 1.54) is 0 Å². The van der Waals surface area contributed by atoms with Gasteiger partial charge in [-0.05, 0) is 12.8 Å². The minimum atomic E-state index is -1.01. The zero-order chi connectivity index (χ0) is 8.97. The van der Waals surface area contributed by atoms with Gasteiger partial charge in [0.2, 0.25) is 0 Å². The molecule has 0 aromatic heterocycles. The van der Waals surface area contributed by atoms with Crippen molar-refractivity contribution in [3.8, 4) is 0 Å². The lowest BCUT2D eigenvalue weighted by atomic mass is 10.2. The SMILES string of the molecule is O=C(CF)NN1CCCC1CO. The first-order valence-corrected chi connectivity index (χ1v) is 4.01. The van der Waals surface area contributed by atoms with E-state index in [0.717, 1.165) is 12.8 Å². The van der Waals surface area contributed by atoms with E-state index in [1.807, 2.05) is 0 Å². The second-order valence-electron chi connectivity index (χ2n) is 2.84. The molecule has 0 aromatic carbocycles. The summed E-state index contributed by atoms with van der Waals surface area (Å²) in [5.74, 6) is -0.643. The Hall–Kier alpha value is -0.680. The topological polar surface area (TPSA) is 52.6 Å². The predicted molar refractivity (Wildman–Crippen MR) is 40.9 cm³/mol. The molecule has 1 heterocycles. The van der Waals surface area contributed by atoms with Crippen LogP contribution < -0.4 is 5.43 Å². The van der Waals surface area contributed by atoms with Crippen molar-refractivity contribution in [2.24, 2.45) is 0 Å². The molecule has 1 aliphatic heterocycles. The molecular formula is C7H13FN2O2. The van der Waals surface area contributed by atoms with Gasteiger partial charge in [-0.25, -0.2) is 9.40 Å². The van der Waals surface area contributed by atoms with Gasteiger partial charge in [-0.3, -0.25) is 10.2 Å². The Balaban J connectivity index is 2.35. The van der Waals surface area contributed by atoms with E-state index in [2.05, 4.69) is 5.43 Å². The predicted octanol–water partition coefficient (Wildman–Crippen LogP) is -0.556. The molecule has 0 radical (unpaired) electrons. The Morgan fingerprint density at radius 1 is 1.75 bits per heavy atom. The van der Waals surface area contributed by atoms with E-state index in [1.54, 1.807) is 5.01 Å². The third-order valence-electron chi connectivity index (χ3n) is 1.98. The van der Waals surface area contributed by atoms with Crippen LogP contribution in [0.3, 0.4) is 0 Å². The maximum absolute atomic E-state index is 11.8. The van der Waals surface area contributed by atoms with E-state index in [0.29, 0.717) is 6.54 Å². The molecule has 1 rings (SSSR count). The molecule has 1 saturated heterocycles. The number of carbonyl (C=O) groups is 1. The molecule has 1 unspecified atom stereocenters. The Morgan fingerprint density at radius 2 is 2.50 bits per heavy atom. The van der Waals surface area contributed by atoms with E-state index in [-0.39, 0.29) is 12.6 Å². The van der Waals surface area contributed by atoms with E-state index in [4.69, 9.17) is 5.11 Å². The van der Waals surface area contributed by atoms with Gasteiger partial charge in [0.05, 0.1) is 12.6 Å². The lowest BCUT2D eigenvalue weighted by molar-refractivity contribution is -0.127. The van der Waals surface area contributed by atoms with E-state index >= 15 is 0 Å². The Labute approximate surface area is 70.3 Å². The molecule has 0 bridgehead atoms. The fourth-order valence-electron chi connectivity index (χ4n) is 1.36. The maximum Gasteiger partial charge on any atom is 0.265 e. The highest BCUT2D eigenvalue weighted by Gasteiger charge is 2.24. The molecule has 1 atom stereocenters. The highest BCUT2D eigenvalue weighted by atomic mass is 19.1. The number of amides is 1. The number of aliphatic hydroxyl groups excluding tert-OH is 1. The van der Waals surface area contributed by atoms with Gasteiger partial charge in [0, 0.05) is 6.54 Å². The van der Waals surface area contributed by atoms with Gasteiger partial charge in [-0.2, -0.15) is 0 Å². The molecule has 12 heavy (non-hydrogen) atoms. The molecule has 2 N–H and O–H groups in total. The fourth-order valence-corrected chi connectivity index (χ4v) is 1.36. The summed E-state index contributed by atoms with van der Waals surface area (Å²) in [6.45, 7) is -0.307. The smallest absolute Gasteiger partial charge is 0.265 e. The minimum Gasteiger partial charge on any atom is -0.395 e. The number of aliphatic hydroxyl groups is 1. The monoisotopic (exact) mass is 176 g/mol. The van der Waals surface area contributed by atoms with E-state index in [9.17, 15) is 9.18 Å². The standard InChI is InChI=1S/C7H13FN2O2/c8-4-7(12)9-10-3-1-2-6(10)5-11/h6,11H,1-5H2,(H,9,12). The number of nitrogens with one attached hydrogen (secondary N) is 1. The van der Waals surface area contributed by atoms with Crippen molar-refractivity contribution in [2.45, 2.75) is 18.9 Å². The molecule has 0 spiro atoms. The van der Waals surface area contributed by atoms with Crippen molar-refractivity contribution in [1.29, 1.82) is 0 Å². The van der Waals surface area contributed by atoms with Crippen molar-refractivity contribution >= 4 is 5.91 Å². The highest BCUT2D eigenvalue weighted by molar-refractivity contribution is 5.76. The van der Waals surface area contributed by atoms with Gasteiger partial charge in [0.25, 0.3) is 5.91 Å². The molecule has 0 aliphatic carbocycles. The summed E-state index contributed by atoms with van der Waals surface area (Å²) in [6.07, 6.45) is 1.78. The second-order valence-corrected chi connectivity index (χ2v) is 2.84. The number of rotatable bonds is 3. The fraction of sp³-hybridized carbons (Fsp3) is 0.857. The molecule has 0 saturated carbocycles. The number of alkyl halides is 1. The summed E-state index contributed by atoms with van der Waals surface area (Å²) in [4.78, 5) is 10.6. The van der Waals surface area contributed by atoms with Gasteiger partial charge in [0.15, 0.2) is 6.67 Å². The van der Waals surface area contributed by atoms with Crippen LogP contribution >= 0.6 is 0 Å². The third-order valence-corrected chi connectivity index (χ3v) is 1.98. The molecule has 1 aliphatic rings. The first-order valence-electron chi connectivity index (χ1n) is 4.01. The highest BCUT2D eigenvalue weighted by Crippen LogP contribution is 2.13. The molecule has 1 fully saturated rings. The second kappa shape index (κ2) is 4.37. The number of hydrogen-bond acceptors (Lipinski definition) is 3. The van der Waals surface area contributed by atoms with Crippen molar-refractivity contribution in [2.75, 3.05) is 19.8 Å². The third kappa shape index (κ3) is 2.15. The average Bonchev–Trinajstić information content (AvgIpc) is 2.51. The largest absolute Gasteiger partial charge is 0.395 e. The quantitative estimate of drug-likeness (QED) is 0.606. The van der Waals surface area contributed by atoms with Crippen LogP contribution in [0.15, 0.2) is 0 Å². The van der Waals surface area contributed by atoms with Crippen molar-refractivity contribution in [1.82, 2.24) is 10.4 Å². The summed E-state index contributed by atoms with van der Waals surface area (Å²) in [6, 6.07) is -0.0412. The first kappa shape index (κ1) is 9.41. The lowest BCUT2D eigenvalue weighted by Crippen LogP contribution is -2.47. The van der Waals surface area contributed by atoms with Crippen LogP contribution in [-0.4, -0.2) is 41.9 Å². The van der Waals surface area contributed by atoms with Crippen molar-refractivity contribution in [3.05, 3.63) is 0 Å². The normalized spacial score (nSPS) is 24.3. The van der Waals surface area contributed by atoms with E-state index < -0.39 is 12.6 Å². The number of halogens is 1. The number of hydrogen-bond donors (Lipinski definition) is 2. The molecule has 1 amide bonds. The van der Waals surface area contributed by atoms with Crippen LogP contribution in [-0.2, 0) is 4.79 Å². The van der Waals surface area contributed by atoms with Crippen LogP contribution in [0.4, 0.5) is 4.39 Å². The van der Waals surface area contributed by atoms with Crippen LogP contribution in [0.25, 0.3) is 0 Å². The Bertz CT molecular complexity index is 165. The first-order chi connectivity index (χ1) is 5.77. The van der Waals surface area contributed by atoms with Gasteiger partial charge < -0.3 is 5.11 Å². The number of nitrogens with zero attached hydrogens (tertiary/aromatic N) is 1. The average molecular weight is 176 g/mol. The molecule has 70 valence electrons. The lowest BCUT2D eigenvalue weighted by Gasteiger charge is -2.22. The Kier molecular flexibility index (Phi) is 3.43. The maximum atomic E-state index is 11.8. The van der Waals surface area contributed by atoms with Crippen LogP contribution in [0, 0.1) is 0 Å². The van der Waals surface area contributed by atoms with Gasteiger partial charge >= 0.3 is 0 Å². The number of carbonyl (C=O) groups excluding carboxylic acids is 1. The zero-order valence-corrected chi connectivity index (χ0v) is 6.79. The van der Waals surface area contributed by atoms with Crippen LogP contribution in [0.1, 0.15) is 12.8 Å². The minimum absolute atomic E-state index is 0.00651. The summed E-state index contributed by atoms with van der Waals surface area (Å²) < 4.78 is 11.8. The summed E-state index contributed by atoms with van der Waals surface area (Å²) in [7, 11) is 0. The van der Waals surface area contributed by atoms with Gasteiger partial charge in [-0.1, -0.05) is 0 Å². The molecule has 0 aromatic rings. The zero-order valence-electron chi connectivity index (χ0n) is 6.79. The Morgan fingerprint density at radius 3 is 3.08 bits per heavy atom. The van der Waals surface area contributed by atoms with Crippen molar-refractivity contribution in [3.63, 3.8) is 0 Å². The summed E-state index contributed by atoms with van der Waals surface area (Å²) in [5, 5.41) is 10.4.